The summed E-state index contributed by atoms with van der Waals surface area (Å²) >= 11 is 0. The molecule has 0 aliphatic heterocycles. The van der Waals surface area contributed by atoms with Gasteiger partial charge in [0.2, 0.25) is 5.78 Å². The summed E-state index contributed by atoms with van der Waals surface area (Å²) in [5.41, 5.74) is 2.38. The number of nitrogens with zero attached hydrogens (tertiary/aromatic N) is 1. The van der Waals surface area contributed by atoms with Gasteiger partial charge in [-0.2, -0.15) is 0 Å². The van der Waals surface area contributed by atoms with Gasteiger partial charge in [-0.1, -0.05) is 24.3 Å². The van der Waals surface area contributed by atoms with E-state index in [4.69, 9.17) is 0 Å². The highest BCUT2D eigenvalue weighted by Gasteiger charge is 2.34. The lowest BCUT2D eigenvalue weighted by molar-refractivity contribution is 0.0975. The lowest BCUT2D eigenvalue weighted by Crippen LogP contribution is -2.22. The standard InChI is InChI=1S/C17H11NO3/c1-18-13-7-6-9(19)8-12(13)14-15(18)17(21)11-5-3-2-4-10(11)16(14)20/h2-8,19H,1H3. The van der Waals surface area contributed by atoms with E-state index < -0.39 is 0 Å². The second kappa shape index (κ2) is 3.82. The molecule has 0 unspecified atom stereocenters. The van der Waals surface area contributed by atoms with Gasteiger partial charge in [-0.25, -0.2) is 0 Å². The van der Waals surface area contributed by atoms with Crippen molar-refractivity contribution in [3.05, 3.63) is 64.8 Å². The number of aromatic nitrogens is 1. The second-order valence-electron chi connectivity index (χ2n) is 5.19. The monoisotopic (exact) mass is 277 g/mol. The maximum atomic E-state index is 12.7. The van der Waals surface area contributed by atoms with Crippen LogP contribution in [0, 0.1) is 0 Å². The molecule has 1 N–H and O–H groups in total. The van der Waals surface area contributed by atoms with Crippen LogP contribution >= 0.6 is 0 Å². The number of phenolic OH excluding ortho intramolecular Hbond substituents is 1. The zero-order valence-electron chi connectivity index (χ0n) is 11.3. The third kappa shape index (κ3) is 1.39. The second-order valence-corrected chi connectivity index (χ2v) is 5.19. The molecule has 0 atom stereocenters. The number of rotatable bonds is 0. The first kappa shape index (κ1) is 11.9. The van der Waals surface area contributed by atoms with Crippen LogP contribution in [-0.4, -0.2) is 21.2 Å². The fourth-order valence-electron chi connectivity index (χ4n) is 3.07. The van der Waals surface area contributed by atoms with Crippen molar-refractivity contribution in [1.29, 1.82) is 0 Å². The fourth-order valence-corrected chi connectivity index (χ4v) is 3.07. The van der Waals surface area contributed by atoms with Crippen molar-refractivity contribution < 1.29 is 14.7 Å². The molecule has 0 radical (unpaired) electrons. The molecule has 1 aliphatic carbocycles. The predicted molar refractivity (Wildman–Crippen MR) is 77.9 cm³/mol. The van der Waals surface area contributed by atoms with Gasteiger partial charge in [-0.05, 0) is 18.2 Å². The van der Waals surface area contributed by atoms with E-state index in [1.807, 2.05) is 0 Å². The van der Waals surface area contributed by atoms with Gasteiger partial charge in [-0.3, -0.25) is 9.59 Å². The number of fused-ring (bicyclic) bond motifs is 4. The highest BCUT2D eigenvalue weighted by atomic mass is 16.3. The van der Waals surface area contributed by atoms with E-state index in [-0.39, 0.29) is 17.3 Å². The molecule has 102 valence electrons. The minimum atomic E-state index is -0.170. The van der Waals surface area contributed by atoms with Crippen LogP contribution in [0.15, 0.2) is 42.5 Å². The van der Waals surface area contributed by atoms with Gasteiger partial charge in [0.05, 0.1) is 5.56 Å². The van der Waals surface area contributed by atoms with Gasteiger partial charge in [0, 0.05) is 29.1 Å². The first-order valence-electron chi connectivity index (χ1n) is 6.59. The molecule has 1 heterocycles. The number of benzene rings is 2. The van der Waals surface area contributed by atoms with Gasteiger partial charge in [-0.15, -0.1) is 0 Å². The zero-order chi connectivity index (χ0) is 14.7. The van der Waals surface area contributed by atoms with Crippen molar-refractivity contribution in [2.45, 2.75) is 0 Å². The van der Waals surface area contributed by atoms with Crippen LogP contribution in [0.3, 0.4) is 0 Å². The highest BCUT2D eigenvalue weighted by molar-refractivity contribution is 6.32. The Bertz CT molecular complexity index is 950. The van der Waals surface area contributed by atoms with Crippen molar-refractivity contribution in [1.82, 2.24) is 4.57 Å². The van der Waals surface area contributed by atoms with E-state index in [0.717, 1.165) is 5.52 Å². The van der Waals surface area contributed by atoms with Crippen LogP contribution in [0.1, 0.15) is 32.0 Å². The number of aromatic hydroxyl groups is 1. The smallest absolute Gasteiger partial charge is 0.210 e. The largest absolute Gasteiger partial charge is 0.508 e. The summed E-state index contributed by atoms with van der Waals surface area (Å²) in [4.78, 5) is 25.4. The molecule has 0 amide bonds. The van der Waals surface area contributed by atoms with Gasteiger partial charge in [0.15, 0.2) is 5.78 Å². The van der Waals surface area contributed by atoms with Crippen molar-refractivity contribution in [2.24, 2.45) is 7.05 Å². The Hall–Kier alpha value is -2.88. The van der Waals surface area contributed by atoms with Gasteiger partial charge < -0.3 is 9.67 Å². The van der Waals surface area contributed by atoms with Gasteiger partial charge in [0.25, 0.3) is 0 Å². The number of aryl methyl sites for hydroxylation is 1. The molecule has 1 aromatic heterocycles. The maximum absolute atomic E-state index is 12.7. The zero-order valence-corrected chi connectivity index (χ0v) is 11.3. The Balaban J connectivity index is 2.17. The molecule has 0 saturated heterocycles. The summed E-state index contributed by atoms with van der Waals surface area (Å²) in [6.07, 6.45) is 0. The molecule has 3 aromatic rings. The van der Waals surface area contributed by atoms with Crippen LogP contribution in [0.4, 0.5) is 0 Å². The van der Waals surface area contributed by atoms with Crippen molar-refractivity contribution in [3.8, 4) is 5.75 Å². The highest BCUT2D eigenvalue weighted by Crippen LogP contribution is 2.35. The number of carbonyl (C=O) groups excluding carboxylic acids is 2. The van der Waals surface area contributed by atoms with Gasteiger partial charge >= 0.3 is 0 Å². The van der Waals surface area contributed by atoms with E-state index in [0.29, 0.717) is 27.8 Å². The molecular weight excluding hydrogens is 266 g/mol. The van der Waals surface area contributed by atoms with E-state index >= 15 is 0 Å². The van der Waals surface area contributed by atoms with Crippen LogP contribution < -0.4 is 0 Å². The topological polar surface area (TPSA) is 59.3 Å². The van der Waals surface area contributed by atoms with Crippen molar-refractivity contribution >= 4 is 22.5 Å². The molecule has 0 saturated carbocycles. The van der Waals surface area contributed by atoms with E-state index in [2.05, 4.69) is 0 Å². The van der Waals surface area contributed by atoms with Crippen LogP contribution in [0.25, 0.3) is 10.9 Å². The molecule has 0 bridgehead atoms. The normalized spacial score (nSPS) is 13.4. The number of hydrogen-bond donors (Lipinski definition) is 1. The maximum Gasteiger partial charge on any atom is 0.210 e. The van der Waals surface area contributed by atoms with Crippen LogP contribution in [0.2, 0.25) is 0 Å². The first-order chi connectivity index (χ1) is 10.1. The SMILES string of the molecule is Cn1c2c(c3cc(O)ccc31)C(=O)c1ccccc1C2=O. The molecule has 4 nitrogen and oxygen atoms in total. The lowest BCUT2D eigenvalue weighted by Gasteiger charge is -2.15. The molecule has 21 heavy (non-hydrogen) atoms. The third-order valence-electron chi connectivity index (χ3n) is 4.04. The minimum absolute atomic E-state index is 0.0787. The summed E-state index contributed by atoms with van der Waals surface area (Å²) in [6, 6.07) is 11.6. The average molecular weight is 277 g/mol. The minimum Gasteiger partial charge on any atom is -0.508 e. The van der Waals surface area contributed by atoms with E-state index in [1.165, 1.54) is 6.07 Å². The molecule has 4 rings (SSSR count). The molecule has 4 heteroatoms. The van der Waals surface area contributed by atoms with Crippen molar-refractivity contribution in [2.75, 3.05) is 0 Å². The molecule has 1 aliphatic rings. The lowest BCUT2D eigenvalue weighted by atomic mass is 9.87. The Kier molecular flexibility index (Phi) is 2.17. The summed E-state index contributed by atoms with van der Waals surface area (Å²) in [6.45, 7) is 0. The van der Waals surface area contributed by atoms with Gasteiger partial charge in [0.1, 0.15) is 11.4 Å². The van der Waals surface area contributed by atoms with Crippen LogP contribution in [-0.2, 0) is 7.05 Å². The summed E-state index contributed by atoms with van der Waals surface area (Å²) in [5, 5.41) is 10.3. The van der Waals surface area contributed by atoms with E-state index in [1.54, 1.807) is 48.0 Å². The predicted octanol–water partition coefficient (Wildman–Crippen LogP) is 2.66. The fraction of sp³-hybridized carbons (Fsp3) is 0.0588. The van der Waals surface area contributed by atoms with Crippen LogP contribution in [0.5, 0.6) is 5.75 Å². The first-order valence-corrected chi connectivity index (χ1v) is 6.59. The summed E-state index contributed by atoms with van der Waals surface area (Å²) < 4.78 is 1.72. The molecule has 0 spiro atoms. The van der Waals surface area contributed by atoms with Crippen molar-refractivity contribution in [3.63, 3.8) is 0 Å². The number of ketones is 2. The summed E-state index contributed by atoms with van der Waals surface area (Å²) in [7, 11) is 1.76. The molecular formula is C17H11NO3. The van der Waals surface area contributed by atoms with E-state index in [9.17, 15) is 14.7 Å². The Morgan fingerprint density at radius 3 is 2.33 bits per heavy atom. The number of phenols is 1. The molecule has 0 fully saturated rings. The summed E-state index contributed by atoms with van der Waals surface area (Å²) in [5.74, 6) is -0.246. The third-order valence-corrected chi connectivity index (χ3v) is 4.04. The number of carbonyl (C=O) groups is 2. The Morgan fingerprint density at radius 2 is 1.62 bits per heavy atom. The number of hydrogen-bond acceptors (Lipinski definition) is 3. The quantitative estimate of drug-likeness (QED) is 0.537. The Labute approximate surface area is 120 Å². The average Bonchev–Trinajstić information content (AvgIpc) is 2.78. The molecule has 2 aromatic carbocycles. The Morgan fingerprint density at radius 1 is 0.952 bits per heavy atom.